The van der Waals surface area contributed by atoms with Crippen LogP contribution in [0.1, 0.15) is 19.3 Å². The molecule has 1 aliphatic heterocycles. The summed E-state index contributed by atoms with van der Waals surface area (Å²) in [4.78, 5) is 11.0. The highest BCUT2D eigenvalue weighted by molar-refractivity contribution is 9.12. The maximum Gasteiger partial charge on any atom is 0.332 e. The Balaban J connectivity index is 2.45. The second-order valence-electron chi connectivity index (χ2n) is 3.59. The van der Waals surface area contributed by atoms with Crippen molar-refractivity contribution in [3.8, 4) is 0 Å². The minimum atomic E-state index is -0.837. The van der Waals surface area contributed by atoms with Crippen molar-refractivity contribution >= 4 is 21.9 Å². The van der Waals surface area contributed by atoms with Crippen LogP contribution in [0.3, 0.4) is 0 Å². The van der Waals surface area contributed by atoms with Crippen molar-refractivity contribution in [2.24, 2.45) is 0 Å². The number of hydrogen-bond donors (Lipinski definition) is 2. The maximum absolute atomic E-state index is 11.0. The number of rotatable bonds is 1. The van der Waals surface area contributed by atoms with Gasteiger partial charge in [-0.25, -0.2) is 4.79 Å². The number of nitrogens with one attached hydrogen (secondary N) is 1. The molecule has 0 amide bonds. The van der Waals surface area contributed by atoms with E-state index >= 15 is 0 Å². The molecule has 0 aromatic heterocycles. The van der Waals surface area contributed by atoms with Crippen molar-refractivity contribution in [1.82, 2.24) is 5.32 Å². The summed E-state index contributed by atoms with van der Waals surface area (Å²) < 4.78 is 0.728. The summed E-state index contributed by atoms with van der Waals surface area (Å²) >= 11 is 3.40. The molecule has 0 aromatic carbocycles. The summed E-state index contributed by atoms with van der Waals surface area (Å²) in [6.45, 7) is 0.680. The van der Waals surface area contributed by atoms with Crippen LogP contribution in [-0.4, -0.2) is 17.6 Å². The van der Waals surface area contributed by atoms with Gasteiger partial charge in [0.15, 0.2) is 0 Å². The Hall–Kier alpha value is -1.03. The smallest absolute Gasteiger partial charge is 0.332 e. The molecule has 0 bridgehead atoms. The molecule has 3 nitrogen and oxygen atoms in total. The zero-order valence-corrected chi connectivity index (χ0v) is 9.80. The first-order valence-electron chi connectivity index (χ1n) is 4.97. The fourth-order valence-corrected chi connectivity index (χ4v) is 2.59. The molecule has 0 fully saturated rings. The van der Waals surface area contributed by atoms with Crippen LogP contribution < -0.4 is 5.32 Å². The van der Waals surface area contributed by atoms with Crippen molar-refractivity contribution in [1.29, 1.82) is 0 Å². The van der Waals surface area contributed by atoms with Gasteiger partial charge in [0.1, 0.15) is 0 Å². The van der Waals surface area contributed by atoms with Gasteiger partial charge >= 0.3 is 5.97 Å². The van der Waals surface area contributed by atoms with Gasteiger partial charge in [0.2, 0.25) is 0 Å². The van der Waals surface area contributed by atoms with Gasteiger partial charge in [-0.05, 0) is 35.2 Å². The van der Waals surface area contributed by atoms with Crippen LogP contribution in [0.15, 0.2) is 33.5 Å². The molecule has 1 aliphatic carbocycles. The Morgan fingerprint density at radius 3 is 2.87 bits per heavy atom. The van der Waals surface area contributed by atoms with Crippen molar-refractivity contribution < 1.29 is 9.90 Å². The quantitative estimate of drug-likeness (QED) is 0.768. The van der Waals surface area contributed by atoms with Gasteiger partial charge in [-0.3, -0.25) is 0 Å². The largest absolute Gasteiger partial charge is 0.478 e. The number of allylic oxidation sites excluding steroid dienone is 3. The van der Waals surface area contributed by atoms with Crippen LogP contribution in [0.5, 0.6) is 0 Å². The summed E-state index contributed by atoms with van der Waals surface area (Å²) in [5.41, 5.74) is 2.51. The van der Waals surface area contributed by atoms with Crippen molar-refractivity contribution in [3.05, 3.63) is 33.5 Å². The average molecular weight is 270 g/mol. The number of carboxylic acid groups (broad SMARTS) is 1. The molecule has 0 saturated heterocycles. The highest BCUT2D eigenvalue weighted by atomic mass is 79.9. The first-order chi connectivity index (χ1) is 7.20. The first-order valence-corrected chi connectivity index (χ1v) is 5.76. The van der Waals surface area contributed by atoms with E-state index in [-0.39, 0.29) is 0 Å². The zero-order valence-electron chi connectivity index (χ0n) is 8.22. The lowest BCUT2D eigenvalue weighted by Crippen LogP contribution is -2.15. The fraction of sp³-hybridized carbons (Fsp3) is 0.364. The van der Waals surface area contributed by atoms with E-state index in [2.05, 4.69) is 33.4 Å². The standard InChI is InChI=1S/C11H12BrNO2/c12-10-7-3-1-2-4-9(7)13-6-5-8(10)11(14)15/h3-4,13H,1-2,5-6H2,(H,14,15). The molecule has 80 valence electrons. The molecule has 0 spiro atoms. The summed E-state index contributed by atoms with van der Waals surface area (Å²) in [6, 6.07) is 0. The first kappa shape index (κ1) is 10.5. The third kappa shape index (κ3) is 2.00. The Labute approximate surface area is 96.7 Å². The Morgan fingerprint density at radius 2 is 2.13 bits per heavy atom. The Bertz CT molecular complexity index is 393. The van der Waals surface area contributed by atoms with E-state index in [1.165, 1.54) is 0 Å². The van der Waals surface area contributed by atoms with Crippen molar-refractivity contribution in [2.75, 3.05) is 6.54 Å². The molecule has 0 saturated carbocycles. The third-order valence-corrected chi connectivity index (χ3v) is 3.51. The zero-order chi connectivity index (χ0) is 10.8. The molecule has 4 heteroatoms. The van der Waals surface area contributed by atoms with E-state index in [0.29, 0.717) is 18.5 Å². The number of carboxylic acids is 1. The Morgan fingerprint density at radius 1 is 1.40 bits per heavy atom. The van der Waals surface area contributed by atoms with Crippen LogP contribution in [0.2, 0.25) is 0 Å². The molecule has 15 heavy (non-hydrogen) atoms. The molecule has 2 rings (SSSR count). The van der Waals surface area contributed by atoms with Crippen LogP contribution >= 0.6 is 15.9 Å². The van der Waals surface area contributed by atoms with Crippen molar-refractivity contribution in [2.45, 2.75) is 19.3 Å². The topological polar surface area (TPSA) is 49.3 Å². The van der Waals surface area contributed by atoms with E-state index < -0.39 is 5.97 Å². The van der Waals surface area contributed by atoms with Gasteiger partial charge < -0.3 is 10.4 Å². The predicted octanol–water partition coefficient (Wildman–Crippen LogP) is 2.32. The molecule has 0 atom stereocenters. The van der Waals surface area contributed by atoms with Gasteiger partial charge in [-0.1, -0.05) is 12.2 Å². The van der Waals surface area contributed by atoms with E-state index in [1.807, 2.05) is 0 Å². The molecule has 1 heterocycles. The number of hydrogen-bond acceptors (Lipinski definition) is 2. The number of fused-ring (bicyclic) bond motifs is 1. The van der Waals surface area contributed by atoms with E-state index in [1.54, 1.807) is 0 Å². The molecule has 0 aromatic rings. The molecule has 2 N–H and O–H groups in total. The van der Waals surface area contributed by atoms with Gasteiger partial charge in [0.05, 0.1) is 5.57 Å². The monoisotopic (exact) mass is 269 g/mol. The highest BCUT2D eigenvalue weighted by Crippen LogP contribution is 2.33. The molecule has 2 aliphatic rings. The average Bonchev–Trinajstić information content (AvgIpc) is 2.39. The number of aliphatic carboxylic acids is 1. The summed E-state index contributed by atoms with van der Waals surface area (Å²) in [6.07, 6.45) is 6.75. The van der Waals surface area contributed by atoms with E-state index in [9.17, 15) is 4.79 Å². The summed E-state index contributed by atoms with van der Waals surface area (Å²) in [7, 11) is 0. The fourth-order valence-electron chi connectivity index (χ4n) is 1.85. The maximum atomic E-state index is 11.0. The summed E-state index contributed by atoms with van der Waals surface area (Å²) in [5, 5.41) is 12.3. The highest BCUT2D eigenvalue weighted by Gasteiger charge is 2.22. The minimum absolute atomic E-state index is 0.457. The van der Waals surface area contributed by atoms with Gasteiger partial charge in [0.25, 0.3) is 0 Å². The normalized spacial score (nSPS) is 20.9. The second-order valence-corrected chi connectivity index (χ2v) is 4.38. The van der Waals surface area contributed by atoms with E-state index in [0.717, 1.165) is 28.6 Å². The second kappa shape index (κ2) is 4.23. The Kier molecular flexibility index (Phi) is 2.95. The van der Waals surface area contributed by atoms with Gasteiger partial charge in [-0.15, -0.1) is 0 Å². The number of carbonyl (C=O) groups is 1. The minimum Gasteiger partial charge on any atom is -0.478 e. The van der Waals surface area contributed by atoms with Crippen LogP contribution in [0.4, 0.5) is 0 Å². The summed E-state index contributed by atoms with van der Waals surface area (Å²) in [5.74, 6) is -0.837. The molecular formula is C11H12BrNO2. The predicted molar refractivity (Wildman–Crippen MR) is 61.6 cm³/mol. The van der Waals surface area contributed by atoms with Crippen LogP contribution in [0, 0.1) is 0 Å². The van der Waals surface area contributed by atoms with E-state index in [4.69, 9.17) is 5.11 Å². The molecular weight excluding hydrogens is 258 g/mol. The molecule has 0 unspecified atom stereocenters. The van der Waals surface area contributed by atoms with Crippen LogP contribution in [-0.2, 0) is 4.79 Å². The lowest BCUT2D eigenvalue weighted by Gasteiger charge is -2.14. The SMILES string of the molecule is O=C(O)C1=C(Br)C2=CCCC=C2NCC1. The van der Waals surface area contributed by atoms with Crippen LogP contribution in [0.25, 0.3) is 0 Å². The van der Waals surface area contributed by atoms with Crippen molar-refractivity contribution in [3.63, 3.8) is 0 Å². The van der Waals surface area contributed by atoms with Gasteiger partial charge in [0, 0.05) is 22.3 Å². The molecule has 0 radical (unpaired) electrons. The lowest BCUT2D eigenvalue weighted by molar-refractivity contribution is -0.132. The number of halogens is 1. The van der Waals surface area contributed by atoms with Gasteiger partial charge in [-0.2, -0.15) is 0 Å². The third-order valence-electron chi connectivity index (χ3n) is 2.60. The lowest BCUT2D eigenvalue weighted by atomic mass is 10.0.